The van der Waals surface area contributed by atoms with E-state index >= 15 is 0 Å². The molecule has 3 amide bonds. The summed E-state index contributed by atoms with van der Waals surface area (Å²) in [5.41, 5.74) is 2.28. The van der Waals surface area contributed by atoms with E-state index < -0.39 is 0 Å². The summed E-state index contributed by atoms with van der Waals surface area (Å²) in [6.45, 7) is 8.03. The highest BCUT2D eigenvalue weighted by molar-refractivity contribution is 6.03. The lowest BCUT2D eigenvalue weighted by atomic mass is 10.1. The van der Waals surface area contributed by atoms with Gasteiger partial charge < -0.3 is 20.0 Å². The summed E-state index contributed by atoms with van der Waals surface area (Å²) in [5, 5.41) is 2.90. The van der Waals surface area contributed by atoms with Crippen molar-refractivity contribution in [1.82, 2.24) is 9.80 Å². The minimum Gasteiger partial charge on any atom is -0.368 e. The summed E-state index contributed by atoms with van der Waals surface area (Å²) in [6.07, 6.45) is 0. The third-order valence-corrected chi connectivity index (χ3v) is 5.14. The Kier molecular flexibility index (Phi) is 6.53. The standard InChI is InChI=1S/C22H28N4O2/c1-3-24(4-2)22(28)23-20-13-9-8-12-19(20)21(27)26-16-14-25(15-17-26)18-10-6-5-7-11-18/h5-13H,3-4,14-17H2,1-2H3,(H,23,28). The van der Waals surface area contributed by atoms with Crippen molar-refractivity contribution in [3.63, 3.8) is 0 Å². The number of para-hydroxylation sites is 2. The van der Waals surface area contributed by atoms with Gasteiger partial charge in [-0.05, 0) is 38.1 Å². The maximum absolute atomic E-state index is 13.1. The van der Waals surface area contributed by atoms with E-state index in [9.17, 15) is 9.59 Å². The van der Waals surface area contributed by atoms with Crippen molar-refractivity contribution in [3.05, 3.63) is 60.2 Å². The summed E-state index contributed by atoms with van der Waals surface area (Å²) in [6, 6.07) is 17.3. The van der Waals surface area contributed by atoms with E-state index in [1.165, 1.54) is 5.69 Å². The zero-order valence-corrected chi connectivity index (χ0v) is 16.6. The fourth-order valence-corrected chi connectivity index (χ4v) is 3.46. The van der Waals surface area contributed by atoms with Gasteiger partial charge in [-0.1, -0.05) is 30.3 Å². The molecule has 1 saturated heterocycles. The molecule has 148 valence electrons. The number of nitrogens with zero attached hydrogens (tertiary/aromatic N) is 3. The van der Waals surface area contributed by atoms with E-state index in [0.717, 1.165) is 13.1 Å². The smallest absolute Gasteiger partial charge is 0.321 e. The third kappa shape index (κ3) is 4.44. The van der Waals surface area contributed by atoms with Crippen LogP contribution in [0.3, 0.4) is 0 Å². The van der Waals surface area contributed by atoms with Crippen LogP contribution in [-0.2, 0) is 0 Å². The number of hydrogen-bond acceptors (Lipinski definition) is 3. The molecule has 0 saturated carbocycles. The van der Waals surface area contributed by atoms with Crippen LogP contribution in [0.2, 0.25) is 0 Å². The molecule has 28 heavy (non-hydrogen) atoms. The number of benzene rings is 2. The van der Waals surface area contributed by atoms with Gasteiger partial charge in [-0.25, -0.2) is 4.79 Å². The molecule has 0 bridgehead atoms. The van der Waals surface area contributed by atoms with Crippen molar-refractivity contribution >= 4 is 23.3 Å². The molecular formula is C22H28N4O2. The molecular weight excluding hydrogens is 352 g/mol. The highest BCUT2D eigenvalue weighted by Crippen LogP contribution is 2.21. The Morgan fingerprint density at radius 2 is 1.50 bits per heavy atom. The first-order chi connectivity index (χ1) is 13.6. The molecule has 2 aromatic rings. The van der Waals surface area contributed by atoms with Gasteiger partial charge in [-0.15, -0.1) is 0 Å². The molecule has 1 fully saturated rings. The first-order valence-corrected chi connectivity index (χ1v) is 9.88. The highest BCUT2D eigenvalue weighted by Gasteiger charge is 2.24. The second-order valence-electron chi connectivity index (χ2n) is 6.76. The molecule has 0 aliphatic carbocycles. The van der Waals surface area contributed by atoms with E-state index in [0.29, 0.717) is 37.4 Å². The van der Waals surface area contributed by atoms with Gasteiger partial charge in [0, 0.05) is 45.0 Å². The summed E-state index contributed by atoms with van der Waals surface area (Å²) < 4.78 is 0. The predicted molar refractivity (Wildman–Crippen MR) is 113 cm³/mol. The molecule has 1 N–H and O–H groups in total. The van der Waals surface area contributed by atoms with Crippen molar-refractivity contribution in [3.8, 4) is 0 Å². The van der Waals surface area contributed by atoms with Crippen LogP contribution in [0.25, 0.3) is 0 Å². The first kappa shape index (κ1) is 19.7. The van der Waals surface area contributed by atoms with Crippen LogP contribution in [-0.4, -0.2) is 61.0 Å². The van der Waals surface area contributed by atoms with Crippen molar-refractivity contribution in [2.24, 2.45) is 0 Å². The number of rotatable bonds is 5. The van der Waals surface area contributed by atoms with Gasteiger partial charge in [0.1, 0.15) is 0 Å². The summed E-state index contributed by atoms with van der Waals surface area (Å²) in [5.74, 6) is -0.0387. The fraction of sp³-hybridized carbons (Fsp3) is 0.364. The Morgan fingerprint density at radius 3 is 2.14 bits per heavy atom. The van der Waals surface area contributed by atoms with Crippen LogP contribution in [0.15, 0.2) is 54.6 Å². The minimum atomic E-state index is -0.181. The Bertz CT molecular complexity index is 797. The zero-order chi connectivity index (χ0) is 19.9. The normalized spacial score (nSPS) is 13.9. The number of nitrogens with one attached hydrogen (secondary N) is 1. The lowest BCUT2D eigenvalue weighted by Crippen LogP contribution is -2.49. The lowest BCUT2D eigenvalue weighted by molar-refractivity contribution is 0.0748. The summed E-state index contributed by atoms with van der Waals surface area (Å²) in [4.78, 5) is 31.4. The average molecular weight is 380 g/mol. The second kappa shape index (κ2) is 9.26. The molecule has 0 atom stereocenters. The van der Waals surface area contributed by atoms with Crippen LogP contribution in [0.1, 0.15) is 24.2 Å². The number of urea groups is 1. The molecule has 1 aliphatic heterocycles. The Morgan fingerprint density at radius 1 is 0.893 bits per heavy atom. The quantitative estimate of drug-likeness (QED) is 0.863. The van der Waals surface area contributed by atoms with Gasteiger partial charge in [-0.3, -0.25) is 4.79 Å². The SMILES string of the molecule is CCN(CC)C(=O)Nc1ccccc1C(=O)N1CCN(c2ccccc2)CC1. The van der Waals surface area contributed by atoms with E-state index in [2.05, 4.69) is 22.3 Å². The van der Waals surface area contributed by atoms with Gasteiger partial charge in [-0.2, -0.15) is 0 Å². The topological polar surface area (TPSA) is 55.9 Å². The first-order valence-electron chi connectivity index (χ1n) is 9.88. The molecule has 1 aliphatic rings. The third-order valence-electron chi connectivity index (χ3n) is 5.14. The van der Waals surface area contributed by atoms with Crippen molar-refractivity contribution in [2.45, 2.75) is 13.8 Å². The second-order valence-corrected chi connectivity index (χ2v) is 6.76. The van der Waals surface area contributed by atoms with Crippen molar-refractivity contribution in [1.29, 1.82) is 0 Å². The molecule has 1 heterocycles. The van der Waals surface area contributed by atoms with E-state index in [1.54, 1.807) is 17.0 Å². The van der Waals surface area contributed by atoms with Gasteiger partial charge in [0.05, 0.1) is 11.3 Å². The van der Waals surface area contributed by atoms with Crippen LogP contribution in [0, 0.1) is 0 Å². The maximum Gasteiger partial charge on any atom is 0.321 e. The monoisotopic (exact) mass is 380 g/mol. The van der Waals surface area contributed by atoms with E-state index in [1.807, 2.05) is 49.1 Å². The van der Waals surface area contributed by atoms with Crippen LogP contribution >= 0.6 is 0 Å². The minimum absolute atomic E-state index is 0.0387. The van der Waals surface area contributed by atoms with Gasteiger partial charge in [0.2, 0.25) is 0 Å². The number of carbonyl (C=O) groups is 2. The number of carbonyl (C=O) groups excluding carboxylic acids is 2. The average Bonchev–Trinajstić information content (AvgIpc) is 2.75. The highest BCUT2D eigenvalue weighted by atomic mass is 16.2. The number of piperazine rings is 1. The Hall–Kier alpha value is -3.02. The van der Waals surface area contributed by atoms with Crippen LogP contribution in [0.4, 0.5) is 16.2 Å². The fourth-order valence-electron chi connectivity index (χ4n) is 3.46. The van der Waals surface area contributed by atoms with Gasteiger partial charge in [0.15, 0.2) is 0 Å². The van der Waals surface area contributed by atoms with Crippen LogP contribution in [0.5, 0.6) is 0 Å². The van der Waals surface area contributed by atoms with Gasteiger partial charge in [0.25, 0.3) is 5.91 Å². The molecule has 0 unspecified atom stereocenters. The number of hydrogen-bond donors (Lipinski definition) is 1. The van der Waals surface area contributed by atoms with Crippen molar-refractivity contribution < 1.29 is 9.59 Å². The van der Waals surface area contributed by atoms with E-state index in [4.69, 9.17) is 0 Å². The molecule has 6 heteroatoms. The van der Waals surface area contributed by atoms with Crippen molar-refractivity contribution in [2.75, 3.05) is 49.5 Å². The molecule has 3 rings (SSSR count). The maximum atomic E-state index is 13.1. The van der Waals surface area contributed by atoms with E-state index in [-0.39, 0.29) is 11.9 Å². The Labute approximate surface area is 166 Å². The van der Waals surface area contributed by atoms with Crippen LogP contribution < -0.4 is 10.2 Å². The summed E-state index contributed by atoms with van der Waals surface area (Å²) in [7, 11) is 0. The lowest BCUT2D eigenvalue weighted by Gasteiger charge is -2.36. The number of anilines is 2. The molecule has 0 aromatic heterocycles. The predicted octanol–water partition coefficient (Wildman–Crippen LogP) is 3.52. The molecule has 2 aromatic carbocycles. The molecule has 0 spiro atoms. The zero-order valence-electron chi connectivity index (χ0n) is 16.6. The summed E-state index contributed by atoms with van der Waals surface area (Å²) >= 11 is 0. The largest absolute Gasteiger partial charge is 0.368 e. The number of amides is 3. The van der Waals surface area contributed by atoms with Gasteiger partial charge >= 0.3 is 6.03 Å². The Balaban J connectivity index is 1.67. The molecule has 0 radical (unpaired) electrons. The molecule has 6 nitrogen and oxygen atoms in total.